The molecular weight excluding hydrogens is 260 g/mol. The molecular formula is C18H28N2O. The topological polar surface area (TPSA) is 35.5 Å². The third kappa shape index (κ3) is 3.09. The molecule has 0 saturated carbocycles. The van der Waals surface area contributed by atoms with Gasteiger partial charge < -0.3 is 10.4 Å². The number of β-amino-alcohol motifs (C(OH)–C–C–N with tert-alkyl or cyclic N) is 1. The molecule has 116 valence electrons. The first-order chi connectivity index (χ1) is 9.95. The second-order valence-electron chi connectivity index (χ2n) is 7.69. The van der Waals surface area contributed by atoms with Crippen molar-refractivity contribution in [1.29, 1.82) is 0 Å². The van der Waals surface area contributed by atoms with Crippen LogP contribution in [0.5, 0.6) is 0 Å². The maximum atomic E-state index is 10.5. The maximum Gasteiger partial charge on any atom is 0.0700 e. The number of piperidine rings is 1. The Morgan fingerprint density at radius 2 is 2.14 bits per heavy atom. The number of rotatable bonds is 2. The third-order valence-corrected chi connectivity index (χ3v) is 5.11. The molecule has 2 heterocycles. The number of nitrogens with zero attached hydrogens (tertiary/aromatic N) is 1. The first-order valence-electron chi connectivity index (χ1n) is 8.20. The molecule has 2 aliphatic rings. The summed E-state index contributed by atoms with van der Waals surface area (Å²) in [5, 5.41) is 14.0. The van der Waals surface area contributed by atoms with Crippen molar-refractivity contribution in [2.24, 2.45) is 11.3 Å². The van der Waals surface area contributed by atoms with Gasteiger partial charge in [0.1, 0.15) is 0 Å². The highest BCUT2D eigenvalue weighted by atomic mass is 16.3. The number of hydrogen-bond donors (Lipinski definition) is 2. The molecule has 0 spiro atoms. The molecule has 2 unspecified atom stereocenters. The van der Waals surface area contributed by atoms with E-state index in [1.807, 2.05) is 0 Å². The lowest BCUT2D eigenvalue weighted by atomic mass is 9.73. The summed E-state index contributed by atoms with van der Waals surface area (Å²) < 4.78 is 0. The highest BCUT2D eigenvalue weighted by Crippen LogP contribution is 2.35. The summed E-state index contributed by atoms with van der Waals surface area (Å²) >= 11 is 0. The first-order valence-corrected chi connectivity index (χ1v) is 8.20. The minimum absolute atomic E-state index is 0.195. The van der Waals surface area contributed by atoms with Crippen molar-refractivity contribution in [2.45, 2.75) is 46.3 Å². The standard InChI is InChI=1S/C18H28N2O/c1-18(2,3)15-8-10-20(12-16(15)21)11-14-6-4-5-13-7-9-19-17(13)14/h4-6,15-16,19,21H,7-12H2,1-3H3. The van der Waals surface area contributed by atoms with Gasteiger partial charge in [-0.1, -0.05) is 39.0 Å². The van der Waals surface area contributed by atoms with Gasteiger partial charge in [0.25, 0.3) is 0 Å². The molecule has 3 rings (SSSR count). The second-order valence-corrected chi connectivity index (χ2v) is 7.69. The van der Waals surface area contributed by atoms with E-state index in [9.17, 15) is 5.11 Å². The number of anilines is 1. The average Bonchev–Trinajstić information content (AvgIpc) is 2.86. The van der Waals surface area contributed by atoms with E-state index in [0.29, 0.717) is 5.92 Å². The number of aliphatic hydroxyl groups is 1. The summed E-state index contributed by atoms with van der Waals surface area (Å²) in [4.78, 5) is 2.41. The molecule has 1 aromatic rings. The van der Waals surface area contributed by atoms with E-state index in [-0.39, 0.29) is 11.5 Å². The zero-order valence-corrected chi connectivity index (χ0v) is 13.5. The highest BCUT2D eigenvalue weighted by molar-refractivity contribution is 5.61. The molecule has 0 amide bonds. The second kappa shape index (κ2) is 5.62. The van der Waals surface area contributed by atoms with Crippen LogP contribution in [0.1, 0.15) is 38.3 Å². The number of benzene rings is 1. The van der Waals surface area contributed by atoms with Gasteiger partial charge in [0.2, 0.25) is 0 Å². The first kappa shape index (κ1) is 14.9. The molecule has 0 bridgehead atoms. The van der Waals surface area contributed by atoms with Crippen molar-refractivity contribution < 1.29 is 5.11 Å². The zero-order valence-electron chi connectivity index (χ0n) is 13.5. The molecule has 0 aliphatic carbocycles. The van der Waals surface area contributed by atoms with E-state index in [2.05, 4.69) is 49.2 Å². The summed E-state index contributed by atoms with van der Waals surface area (Å²) in [6.07, 6.45) is 2.02. The van der Waals surface area contributed by atoms with Crippen LogP contribution in [-0.4, -0.2) is 35.7 Å². The SMILES string of the molecule is CC(C)(C)C1CCN(Cc2cccc3c2NCC3)CC1O. The molecule has 1 aromatic carbocycles. The van der Waals surface area contributed by atoms with Crippen LogP contribution < -0.4 is 5.32 Å². The van der Waals surface area contributed by atoms with Crippen LogP contribution in [0.3, 0.4) is 0 Å². The molecule has 1 fully saturated rings. The number of likely N-dealkylation sites (tertiary alicyclic amines) is 1. The molecule has 2 aliphatic heterocycles. The van der Waals surface area contributed by atoms with E-state index < -0.39 is 0 Å². The van der Waals surface area contributed by atoms with Crippen molar-refractivity contribution in [1.82, 2.24) is 4.90 Å². The predicted octanol–water partition coefficient (Wildman–Crippen LogP) is 2.88. The number of aliphatic hydroxyl groups excluding tert-OH is 1. The Balaban J connectivity index is 1.67. The van der Waals surface area contributed by atoms with Gasteiger partial charge in [0.15, 0.2) is 0 Å². The highest BCUT2D eigenvalue weighted by Gasteiger charge is 2.35. The van der Waals surface area contributed by atoms with Gasteiger partial charge in [0, 0.05) is 25.3 Å². The van der Waals surface area contributed by atoms with Gasteiger partial charge in [-0.15, -0.1) is 0 Å². The van der Waals surface area contributed by atoms with E-state index >= 15 is 0 Å². The van der Waals surface area contributed by atoms with E-state index in [1.54, 1.807) is 0 Å². The minimum atomic E-state index is -0.205. The van der Waals surface area contributed by atoms with Gasteiger partial charge in [-0.3, -0.25) is 4.90 Å². The molecule has 3 heteroatoms. The average molecular weight is 288 g/mol. The van der Waals surface area contributed by atoms with Crippen LogP contribution in [0.25, 0.3) is 0 Å². The lowest BCUT2D eigenvalue weighted by Crippen LogP contribution is -2.47. The lowest BCUT2D eigenvalue weighted by Gasteiger charge is -2.42. The van der Waals surface area contributed by atoms with Crippen molar-refractivity contribution in [3.05, 3.63) is 29.3 Å². The monoisotopic (exact) mass is 288 g/mol. The molecule has 21 heavy (non-hydrogen) atoms. The van der Waals surface area contributed by atoms with Crippen LogP contribution in [0, 0.1) is 11.3 Å². The Hall–Kier alpha value is -1.06. The quantitative estimate of drug-likeness (QED) is 0.878. The summed E-state index contributed by atoms with van der Waals surface area (Å²) in [5.74, 6) is 0.411. The van der Waals surface area contributed by atoms with Gasteiger partial charge in [-0.05, 0) is 41.8 Å². The van der Waals surface area contributed by atoms with Crippen LogP contribution in [0.4, 0.5) is 5.69 Å². The Morgan fingerprint density at radius 3 is 2.86 bits per heavy atom. The zero-order chi connectivity index (χ0) is 15.0. The van der Waals surface area contributed by atoms with Crippen LogP contribution in [0.15, 0.2) is 18.2 Å². The number of para-hydroxylation sites is 1. The van der Waals surface area contributed by atoms with E-state index in [4.69, 9.17) is 0 Å². The van der Waals surface area contributed by atoms with Crippen LogP contribution in [0.2, 0.25) is 0 Å². The third-order valence-electron chi connectivity index (χ3n) is 5.11. The lowest BCUT2D eigenvalue weighted by molar-refractivity contribution is -0.0264. The van der Waals surface area contributed by atoms with Crippen molar-refractivity contribution in [2.75, 3.05) is 25.0 Å². The molecule has 2 atom stereocenters. The maximum absolute atomic E-state index is 10.5. The minimum Gasteiger partial charge on any atom is -0.391 e. The molecule has 0 radical (unpaired) electrons. The Morgan fingerprint density at radius 1 is 1.33 bits per heavy atom. The smallest absolute Gasteiger partial charge is 0.0700 e. The Kier molecular flexibility index (Phi) is 3.98. The van der Waals surface area contributed by atoms with E-state index in [0.717, 1.165) is 39.0 Å². The Labute approximate surface area is 128 Å². The van der Waals surface area contributed by atoms with Crippen LogP contribution >= 0.6 is 0 Å². The molecule has 1 saturated heterocycles. The van der Waals surface area contributed by atoms with Gasteiger partial charge in [0.05, 0.1) is 6.10 Å². The predicted molar refractivity (Wildman–Crippen MR) is 87.5 cm³/mol. The van der Waals surface area contributed by atoms with Gasteiger partial charge in [-0.25, -0.2) is 0 Å². The summed E-state index contributed by atoms with van der Waals surface area (Å²) in [7, 11) is 0. The fourth-order valence-corrected chi connectivity index (χ4v) is 3.93. The van der Waals surface area contributed by atoms with Gasteiger partial charge >= 0.3 is 0 Å². The summed E-state index contributed by atoms with van der Waals surface area (Å²) in [6, 6.07) is 6.61. The van der Waals surface area contributed by atoms with E-state index in [1.165, 1.54) is 16.8 Å². The molecule has 2 N–H and O–H groups in total. The summed E-state index contributed by atoms with van der Waals surface area (Å²) in [5.41, 5.74) is 4.36. The number of nitrogens with one attached hydrogen (secondary N) is 1. The summed E-state index contributed by atoms with van der Waals surface area (Å²) in [6.45, 7) is 10.6. The molecule has 0 aromatic heterocycles. The van der Waals surface area contributed by atoms with Crippen molar-refractivity contribution in [3.8, 4) is 0 Å². The fourth-order valence-electron chi connectivity index (χ4n) is 3.93. The van der Waals surface area contributed by atoms with Gasteiger partial charge in [-0.2, -0.15) is 0 Å². The fraction of sp³-hybridized carbons (Fsp3) is 0.667. The van der Waals surface area contributed by atoms with Crippen molar-refractivity contribution >= 4 is 5.69 Å². The normalized spacial score (nSPS) is 26.5. The molecule has 3 nitrogen and oxygen atoms in total. The number of hydrogen-bond acceptors (Lipinski definition) is 3. The van der Waals surface area contributed by atoms with Crippen LogP contribution in [-0.2, 0) is 13.0 Å². The largest absolute Gasteiger partial charge is 0.391 e. The number of fused-ring (bicyclic) bond motifs is 1. The van der Waals surface area contributed by atoms with Crippen molar-refractivity contribution in [3.63, 3.8) is 0 Å². The Bertz CT molecular complexity index is 506.